The van der Waals surface area contributed by atoms with Gasteiger partial charge in [0.05, 0.1) is 41.1 Å². The van der Waals surface area contributed by atoms with E-state index in [9.17, 15) is 44.1 Å². The van der Waals surface area contributed by atoms with Crippen LogP contribution in [0.1, 0.15) is 84.3 Å². The van der Waals surface area contributed by atoms with E-state index in [0.29, 0.717) is 24.0 Å². The van der Waals surface area contributed by atoms with Crippen LogP contribution < -0.4 is 16.1 Å². The summed E-state index contributed by atoms with van der Waals surface area (Å²) in [5.41, 5.74) is -0.0785. The van der Waals surface area contributed by atoms with Crippen LogP contribution in [0.5, 0.6) is 0 Å². The van der Waals surface area contributed by atoms with Crippen LogP contribution in [-0.4, -0.2) is 129 Å². The first kappa shape index (κ1) is 44.7. The molecule has 59 heavy (non-hydrogen) atoms. The number of methoxy groups -OCH3 is 1. The van der Waals surface area contributed by atoms with Crippen LogP contribution in [0.2, 0.25) is 10.0 Å². The number of nitrogens with one attached hydrogen (secondary N) is 3. The number of fused-ring (bicyclic) bond motifs is 6. The van der Waals surface area contributed by atoms with E-state index in [4.69, 9.17) is 32.7 Å². The molecule has 324 valence electrons. The molecule has 2 aliphatic carbocycles. The van der Waals surface area contributed by atoms with Crippen LogP contribution in [0.3, 0.4) is 0 Å². The van der Waals surface area contributed by atoms with Crippen molar-refractivity contribution in [1.82, 2.24) is 26.0 Å². The molecule has 10 atom stereocenters. The Bertz CT molecular complexity index is 1920. The van der Waals surface area contributed by atoms with Crippen LogP contribution in [0.15, 0.2) is 12.1 Å². The van der Waals surface area contributed by atoms with Gasteiger partial charge in [0, 0.05) is 31.9 Å². The Hall–Kier alpha value is -3.87. The number of carboxylic acids is 1. The topological polar surface area (TPSA) is 241 Å². The quantitative estimate of drug-likeness (QED) is 0.221. The number of ketones is 1. The molecular formula is C40H53Cl2N5O12. The standard InChI is InChI=1S/C40H53Cl2N5O12/c1-18-11-24-33(52)44-23(17-58-6)27(49)12-20(26(48)14-29(50)51)35(54)46-25(15-40(57)21-7-8-22(41)30(42)19(21)13-28(40)46)34(53)45-31(39(5)9-10-39)37(56)59-32(38(2,3)4)36(55)47(24)43-16-18/h7-8,18,20,23-26,28,31-32,43,48,57H,9-17H2,1-6H3,(H,44,52)(H,45,53)(H,50,51)/t18-,20-,23+,24-,25+,26+,28-,31+,32-,40-/m1/s1. The van der Waals surface area contributed by atoms with Gasteiger partial charge in [-0.25, -0.2) is 10.2 Å². The van der Waals surface area contributed by atoms with Crippen LogP contribution in [0.4, 0.5) is 0 Å². The number of nitrogens with zero attached hydrogens (tertiary/aromatic N) is 2. The number of benzene rings is 1. The minimum absolute atomic E-state index is 0.109. The van der Waals surface area contributed by atoms with Gasteiger partial charge in [-0.05, 0) is 54.2 Å². The van der Waals surface area contributed by atoms with Crippen molar-refractivity contribution in [3.05, 3.63) is 33.3 Å². The van der Waals surface area contributed by atoms with Crippen LogP contribution >= 0.6 is 23.2 Å². The van der Waals surface area contributed by atoms with Crippen molar-refractivity contribution >= 4 is 64.6 Å². The van der Waals surface area contributed by atoms with E-state index in [1.54, 1.807) is 27.7 Å². The third-order valence-corrected chi connectivity index (χ3v) is 13.4. The largest absolute Gasteiger partial charge is 0.481 e. The molecule has 4 fully saturated rings. The van der Waals surface area contributed by atoms with Gasteiger partial charge in [-0.3, -0.25) is 33.8 Å². The second kappa shape index (κ2) is 16.5. The number of hydrazine groups is 1. The Morgan fingerprint density at radius 2 is 1.69 bits per heavy atom. The molecule has 19 heteroatoms. The summed E-state index contributed by atoms with van der Waals surface area (Å²) in [5.74, 6) is -8.57. The molecule has 1 aromatic carbocycles. The summed E-state index contributed by atoms with van der Waals surface area (Å²) in [6, 6.07) is -3.74. The maximum absolute atomic E-state index is 15.0. The number of cyclic esters (lactones) is 1. The molecule has 1 aromatic rings. The van der Waals surface area contributed by atoms with Gasteiger partial charge in [0.25, 0.3) is 5.91 Å². The molecule has 17 nitrogen and oxygen atoms in total. The number of carbonyl (C=O) groups excluding carboxylic acids is 6. The zero-order valence-electron chi connectivity index (χ0n) is 33.9. The predicted molar refractivity (Wildman–Crippen MR) is 209 cm³/mol. The lowest BCUT2D eigenvalue weighted by molar-refractivity contribution is -0.176. The maximum atomic E-state index is 15.0. The number of carboxylic acid groups (broad SMARTS) is 1. The van der Waals surface area contributed by atoms with Crippen LogP contribution in [0.25, 0.3) is 0 Å². The maximum Gasteiger partial charge on any atom is 0.330 e. The molecule has 6 rings (SSSR count). The number of halogens is 2. The number of rotatable bonds is 6. The molecule has 4 amide bonds. The van der Waals surface area contributed by atoms with Crippen molar-refractivity contribution in [1.29, 1.82) is 0 Å². The molecular weight excluding hydrogens is 813 g/mol. The van der Waals surface area contributed by atoms with Crippen LogP contribution in [-0.2, 0) is 55.1 Å². The summed E-state index contributed by atoms with van der Waals surface area (Å²) >= 11 is 12.9. The molecule has 5 aliphatic rings. The van der Waals surface area contributed by atoms with E-state index in [2.05, 4.69) is 16.1 Å². The van der Waals surface area contributed by atoms with E-state index in [0.717, 1.165) is 9.91 Å². The second-order valence-electron chi connectivity index (χ2n) is 18.2. The summed E-state index contributed by atoms with van der Waals surface area (Å²) in [5, 5.41) is 40.3. The molecule has 1 saturated carbocycles. The Morgan fingerprint density at radius 1 is 1.03 bits per heavy atom. The van der Waals surface area contributed by atoms with E-state index in [1.807, 2.05) is 6.92 Å². The zero-order chi connectivity index (χ0) is 43.5. The zero-order valence-corrected chi connectivity index (χ0v) is 35.4. The number of aliphatic hydroxyl groups is 2. The number of amides is 4. The summed E-state index contributed by atoms with van der Waals surface area (Å²) in [6.07, 6.45) is -4.62. The van der Waals surface area contributed by atoms with Gasteiger partial charge in [0.15, 0.2) is 11.9 Å². The summed E-state index contributed by atoms with van der Waals surface area (Å²) in [7, 11) is 1.27. The van der Waals surface area contributed by atoms with Crippen molar-refractivity contribution in [3.63, 3.8) is 0 Å². The number of carbonyl (C=O) groups is 7. The Balaban J connectivity index is 1.49. The van der Waals surface area contributed by atoms with E-state index in [1.165, 1.54) is 19.2 Å². The summed E-state index contributed by atoms with van der Waals surface area (Å²) in [6.45, 7) is 8.55. The number of ether oxygens (including phenoxy) is 2. The lowest BCUT2D eigenvalue weighted by Gasteiger charge is -2.42. The molecule has 0 radical (unpaired) electrons. The van der Waals surface area contributed by atoms with Gasteiger partial charge < -0.3 is 40.3 Å². The number of hydrogen-bond acceptors (Lipinski definition) is 12. The number of hydrogen-bond donors (Lipinski definition) is 6. The predicted octanol–water partition coefficient (Wildman–Crippen LogP) is 1.25. The minimum atomic E-state index is -1.98. The fourth-order valence-electron chi connectivity index (χ4n) is 8.90. The monoisotopic (exact) mass is 865 g/mol. The molecule has 0 bridgehead atoms. The molecule has 0 unspecified atom stereocenters. The Morgan fingerprint density at radius 3 is 2.31 bits per heavy atom. The number of Topliss-reactive ketones (excluding diaryl/α,β-unsaturated/α-hetero) is 1. The first-order valence-corrected chi connectivity index (χ1v) is 20.6. The van der Waals surface area contributed by atoms with Crippen molar-refractivity contribution in [2.24, 2.45) is 22.7 Å². The van der Waals surface area contributed by atoms with Gasteiger partial charge >= 0.3 is 11.9 Å². The lowest BCUT2D eigenvalue weighted by atomic mass is 9.87. The fourth-order valence-corrected chi connectivity index (χ4v) is 9.32. The molecule has 0 aromatic heterocycles. The van der Waals surface area contributed by atoms with Crippen LogP contribution in [0, 0.1) is 22.7 Å². The second-order valence-corrected chi connectivity index (χ2v) is 18.9. The molecule has 3 saturated heterocycles. The SMILES string of the molecule is COC[C@@H]1NC(=O)[C@H]2C[C@@H](C)CNN2C(=O)[C@H](C(C)(C)C)OC(=O)[C@@H](C2(C)CC2)NC(=O)[C@@H]2C[C@@]3(O)c4ccc(Cl)c(Cl)c4C[C@H]3N2C(=O)[C@@H]([C@@H](O)CC(=O)O)CC1=O. The normalized spacial score (nSPS) is 33.4. The molecule has 3 aliphatic heterocycles. The van der Waals surface area contributed by atoms with E-state index in [-0.39, 0.29) is 35.3 Å². The minimum Gasteiger partial charge on any atom is -0.481 e. The van der Waals surface area contributed by atoms with Crippen molar-refractivity contribution < 1.29 is 58.4 Å². The van der Waals surface area contributed by atoms with Gasteiger partial charge in [0.1, 0.15) is 29.8 Å². The highest BCUT2D eigenvalue weighted by Gasteiger charge is 2.62. The number of aliphatic hydroxyl groups excluding tert-OH is 1. The highest BCUT2D eigenvalue weighted by atomic mass is 35.5. The van der Waals surface area contributed by atoms with Gasteiger partial charge in [-0.2, -0.15) is 0 Å². The summed E-state index contributed by atoms with van der Waals surface area (Å²) in [4.78, 5) is 99.9. The highest BCUT2D eigenvalue weighted by molar-refractivity contribution is 6.42. The Kier molecular flexibility index (Phi) is 12.5. The number of esters is 1. The number of aliphatic carboxylic acids is 1. The smallest absolute Gasteiger partial charge is 0.330 e. The van der Waals surface area contributed by atoms with Gasteiger partial charge in [-0.1, -0.05) is 63.9 Å². The third-order valence-electron chi connectivity index (χ3n) is 12.6. The average Bonchev–Trinajstić information content (AvgIpc) is 3.73. The summed E-state index contributed by atoms with van der Waals surface area (Å²) < 4.78 is 11.3. The molecule has 6 N–H and O–H groups in total. The fraction of sp³-hybridized carbons (Fsp3) is 0.675. The first-order valence-electron chi connectivity index (χ1n) is 19.8. The Labute approximate surface area is 351 Å². The third kappa shape index (κ3) is 8.55. The molecule has 0 spiro atoms. The first-order chi connectivity index (χ1) is 27.5. The highest BCUT2D eigenvalue weighted by Crippen LogP contribution is 2.53. The van der Waals surface area contributed by atoms with E-state index < -0.39 is 132 Å². The van der Waals surface area contributed by atoms with Gasteiger partial charge in [0.2, 0.25) is 17.7 Å². The average molecular weight is 867 g/mol. The van der Waals surface area contributed by atoms with Crippen molar-refractivity contribution in [3.8, 4) is 0 Å². The van der Waals surface area contributed by atoms with E-state index >= 15 is 4.79 Å². The lowest BCUT2D eigenvalue weighted by Crippen LogP contribution is -2.65. The van der Waals surface area contributed by atoms with Gasteiger partial charge in [-0.15, -0.1) is 0 Å². The molecule has 3 heterocycles. The van der Waals surface area contributed by atoms with Crippen molar-refractivity contribution in [2.75, 3.05) is 20.3 Å². The van der Waals surface area contributed by atoms with Crippen molar-refractivity contribution in [2.45, 2.75) is 128 Å².